The molecule has 5 rings (SSSR count). The molecule has 2 heterocycles. The van der Waals surface area contributed by atoms with Crippen LogP contribution in [0.4, 0.5) is 0 Å². The average molecular weight is 469 g/mol. The number of benzene rings is 3. The molecule has 168 valence electrons. The van der Waals surface area contributed by atoms with Gasteiger partial charge in [0.25, 0.3) is 11.5 Å². The zero-order valence-corrected chi connectivity index (χ0v) is 18.9. The summed E-state index contributed by atoms with van der Waals surface area (Å²) < 4.78 is 3.18. The minimum absolute atomic E-state index is 0.261. The van der Waals surface area contributed by atoms with Crippen LogP contribution in [0.15, 0.2) is 102 Å². The van der Waals surface area contributed by atoms with Crippen molar-refractivity contribution in [3.63, 3.8) is 0 Å². The summed E-state index contributed by atoms with van der Waals surface area (Å²) in [6.07, 6.45) is 3.49. The topological polar surface area (TPSA) is 68.9 Å². The van der Waals surface area contributed by atoms with Gasteiger partial charge in [-0.1, -0.05) is 78.3 Å². The van der Waals surface area contributed by atoms with Gasteiger partial charge in [-0.3, -0.25) is 9.59 Å². The summed E-state index contributed by atoms with van der Waals surface area (Å²) in [6, 6.07) is 26.4. The van der Waals surface area contributed by atoms with Crippen molar-refractivity contribution in [3.05, 3.63) is 129 Å². The Morgan fingerprint density at radius 2 is 1.56 bits per heavy atom. The van der Waals surface area contributed by atoms with E-state index in [2.05, 4.69) is 10.4 Å². The minimum atomic E-state index is -0.329. The van der Waals surface area contributed by atoms with Crippen LogP contribution < -0.4 is 10.9 Å². The predicted octanol–water partition coefficient (Wildman–Crippen LogP) is 4.77. The number of nitrogens with one attached hydrogen (secondary N) is 1. The normalized spacial score (nSPS) is 11.0. The van der Waals surface area contributed by atoms with Crippen LogP contribution in [0.1, 0.15) is 21.5 Å². The third-order valence-corrected chi connectivity index (χ3v) is 5.94. The molecule has 2 aliphatic rings. The van der Waals surface area contributed by atoms with Gasteiger partial charge in [-0.15, -0.1) is 0 Å². The van der Waals surface area contributed by atoms with Crippen LogP contribution in [0.25, 0.3) is 16.9 Å². The Balaban J connectivity index is 1.57. The molecule has 1 N–H and O–H groups in total. The van der Waals surface area contributed by atoms with Crippen LogP contribution in [-0.4, -0.2) is 20.3 Å². The highest BCUT2D eigenvalue weighted by Crippen LogP contribution is 2.23. The van der Waals surface area contributed by atoms with Crippen LogP contribution >= 0.6 is 11.6 Å². The fourth-order valence-corrected chi connectivity index (χ4v) is 4.07. The Morgan fingerprint density at radius 3 is 2.29 bits per heavy atom. The van der Waals surface area contributed by atoms with Crippen LogP contribution in [-0.2, 0) is 13.1 Å². The van der Waals surface area contributed by atoms with Crippen LogP contribution in [0.2, 0.25) is 5.02 Å². The number of carbonyl (C=O) groups excluding carboxylic acids is 1. The number of rotatable bonds is 6. The zero-order chi connectivity index (χ0) is 23.5. The van der Waals surface area contributed by atoms with Gasteiger partial charge in [-0.25, -0.2) is 0 Å². The molecule has 0 radical (unpaired) electrons. The molecule has 0 saturated carbocycles. The fraction of sp³-hybridized carbons (Fsp3) is 0.0741. The van der Waals surface area contributed by atoms with Crippen LogP contribution in [0.5, 0.6) is 0 Å². The third kappa shape index (κ3) is 4.36. The van der Waals surface area contributed by atoms with Gasteiger partial charge in [0.15, 0.2) is 0 Å². The highest BCUT2D eigenvalue weighted by atomic mass is 35.5. The summed E-state index contributed by atoms with van der Waals surface area (Å²) in [5.74, 6) is -0.329. The maximum atomic E-state index is 13.3. The number of fused-ring (bicyclic) bond motifs is 1. The molecule has 0 aliphatic carbocycles. The Morgan fingerprint density at radius 1 is 0.882 bits per heavy atom. The Labute approximate surface area is 201 Å². The molecule has 3 aromatic carbocycles. The second-order valence-corrected chi connectivity index (χ2v) is 8.33. The molecule has 0 saturated heterocycles. The maximum absolute atomic E-state index is 13.3. The molecule has 0 aromatic heterocycles. The summed E-state index contributed by atoms with van der Waals surface area (Å²) in [6.45, 7) is 0.773. The molecule has 0 spiro atoms. The number of carbonyl (C=O) groups is 1. The molecule has 0 bridgehead atoms. The van der Waals surface area contributed by atoms with Gasteiger partial charge in [0.1, 0.15) is 5.69 Å². The zero-order valence-electron chi connectivity index (χ0n) is 18.2. The number of para-hydroxylation sites is 1. The first-order valence-electron chi connectivity index (χ1n) is 10.8. The summed E-state index contributed by atoms with van der Waals surface area (Å²) in [5, 5.41) is 8.03. The predicted molar refractivity (Wildman–Crippen MR) is 133 cm³/mol. The van der Waals surface area contributed by atoms with E-state index in [0.29, 0.717) is 34.1 Å². The lowest BCUT2D eigenvalue weighted by atomic mass is 10.1. The van der Waals surface area contributed by atoms with Gasteiger partial charge in [0.05, 0.1) is 16.8 Å². The molecule has 1 amide bonds. The minimum Gasteiger partial charge on any atom is -0.348 e. The van der Waals surface area contributed by atoms with Crippen molar-refractivity contribution >= 4 is 17.5 Å². The van der Waals surface area contributed by atoms with Crippen molar-refractivity contribution in [1.82, 2.24) is 19.7 Å². The van der Waals surface area contributed by atoms with E-state index in [-0.39, 0.29) is 18.0 Å². The molecule has 7 heteroatoms. The second-order valence-electron chi connectivity index (χ2n) is 7.92. The van der Waals surface area contributed by atoms with Crippen LogP contribution in [0.3, 0.4) is 0 Å². The highest BCUT2D eigenvalue weighted by molar-refractivity contribution is 6.31. The number of hydrogen-bond acceptors (Lipinski definition) is 3. The van der Waals surface area contributed by atoms with Crippen molar-refractivity contribution in [2.75, 3.05) is 0 Å². The van der Waals surface area contributed by atoms with Gasteiger partial charge in [0, 0.05) is 30.5 Å². The van der Waals surface area contributed by atoms with Gasteiger partial charge in [0.2, 0.25) is 0 Å². The SMILES string of the molecule is O=C(NCc1ccccc1Cl)c1cn(Cc2ccccc2)cc2c(=O)n(-c3ccccc3)nc1-2. The Kier molecular flexibility index (Phi) is 5.97. The van der Waals surface area contributed by atoms with Crippen molar-refractivity contribution in [1.29, 1.82) is 0 Å². The van der Waals surface area contributed by atoms with Crippen molar-refractivity contribution < 1.29 is 4.79 Å². The average Bonchev–Trinajstić information content (AvgIpc) is 3.20. The summed E-state index contributed by atoms with van der Waals surface area (Å²) in [7, 11) is 0. The maximum Gasteiger partial charge on any atom is 0.282 e. The highest BCUT2D eigenvalue weighted by Gasteiger charge is 2.24. The quantitative estimate of drug-likeness (QED) is 0.390. The second kappa shape index (κ2) is 9.37. The number of amides is 1. The molecular formula is C27H21ClN4O2. The third-order valence-electron chi connectivity index (χ3n) is 5.57. The molecule has 6 nitrogen and oxygen atoms in total. The van der Waals surface area contributed by atoms with Gasteiger partial charge >= 0.3 is 0 Å². The summed E-state index contributed by atoms with van der Waals surface area (Å²) in [4.78, 5) is 26.6. The number of aromatic nitrogens is 3. The molecule has 34 heavy (non-hydrogen) atoms. The Hall–Kier alpha value is -4.16. The number of halogens is 1. The standard InChI is InChI=1S/C27H21ClN4O2/c28-24-14-8-7-11-20(24)15-29-26(33)22-17-31(16-19-9-3-1-4-10-19)18-23-25(22)30-32(27(23)34)21-12-5-2-6-13-21/h1-14,17-18H,15-16H2,(H,29,33). The molecule has 0 fully saturated rings. The lowest BCUT2D eigenvalue weighted by Gasteiger charge is -2.13. The van der Waals surface area contributed by atoms with E-state index < -0.39 is 0 Å². The molecule has 3 aromatic rings. The number of nitrogens with zero attached hydrogens (tertiary/aromatic N) is 3. The van der Waals surface area contributed by atoms with E-state index >= 15 is 0 Å². The van der Waals surface area contributed by atoms with E-state index in [1.807, 2.05) is 83.4 Å². The van der Waals surface area contributed by atoms with Gasteiger partial charge in [-0.2, -0.15) is 9.78 Å². The molecule has 2 aliphatic heterocycles. The summed E-state index contributed by atoms with van der Waals surface area (Å²) >= 11 is 6.24. The molecule has 0 unspecified atom stereocenters. The van der Waals surface area contributed by atoms with Crippen LogP contribution in [0, 0.1) is 0 Å². The first-order valence-corrected chi connectivity index (χ1v) is 11.2. The number of pyridine rings is 1. The monoisotopic (exact) mass is 468 g/mol. The van der Waals surface area contributed by atoms with E-state index in [0.717, 1.165) is 11.1 Å². The van der Waals surface area contributed by atoms with Gasteiger partial charge < -0.3 is 9.88 Å². The Bertz CT molecular complexity index is 1480. The van der Waals surface area contributed by atoms with Crippen molar-refractivity contribution in [2.45, 2.75) is 13.1 Å². The smallest absolute Gasteiger partial charge is 0.282 e. The van der Waals surface area contributed by atoms with Crippen molar-refractivity contribution in [3.8, 4) is 16.9 Å². The first-order chi connectivity index (χ1) is 16.6. The molecule has 0 atom stereocenters. The van der Waals surface area contributed by atoms with E-state index in [1.54, 1.807) is 18.5 Å². The lowest BCUT2D eigenvalue weighted by Crippen LogP contribution is -2.25. The van der Waals surface area contributed by atoms with Crippen molar-refractivity contribution in [2.24, 2.45) is 0 Å². The fourth-order valence-electron chi connectivity index (χ4n) is 3.87. The lowest BCUT2D eigenvalue weighted by molar-refractivity contribution is 0.0950. The summed E-state index contributed by atoms with van der Waals surface area (Å²) in [5.41, 5.74) is 3.29. The largest absolute Gasteiger partial charge is 0.348 e. The van der Waals surface area contributed by atoms with E-state index in [9.17, 15) is 9.59 Å². The van der Waals surface area contributed by atoms with E-state index in [1.165, 1.54) is 4.68 Å². The first kappa shape index (κ1) is 21.7. The van der Waals surface area contributed by atoms with Gasteiger partial charge in [-0.05, 0) is 29.3 Å². The molecular weight excluding hydrogens is 448 g/mol. The van der Waals surface area contributed by atoms with E-state index in [4.69, 9.17) is 11.6 Å². The number of hydrogen-bond donors (Lipinski definition) is 1.